The second-order valence-electron chi connectivity index (χ2n) is 6.16. The number of carbonyl (C=O) groups is 1. The number of benzene rings is 2. The third kappa shape index (κ3) is 5.76. The molecule has 0 aliphatic heterocycles. The van der Waals surface area contributed by atoms with E-state index in [0.717, 1.165) is 11.5 Å². The summed E-state index contributed by atoms with van der Waals surface area (Å²) in [5.41, 5.74) is 2.97. The highest BCUT2D eigenvalue weighted by atomic mass is 32.2. The average molecular weight is 394 g/mol. The number of hydrogen-bond donors (Lipinski definition) is 1. The zero-order chi connectivity index (χ0) is 19.8. The molecule has 3 aromatic rings. The maximum absolute atomic E-state index is 12.3. The minimum atomic E-state index is -0.0929. The van der Waals surface area contributed by atoms with Gasteiger partial charge in [0.1, 0.15) is 17.2 Å². The largest absolute Gasteiger partial charge is 0.497 e. The molecule has 1 amide bonds. The van der Waals surface area contributed by atoms with Crippen molar-refractivity contribution in [1.82, 2.24) is 4.98 Å². The Balaban J connectivity index is 1.55. The lowest BCUT2D eigenvalue weighted by Gasteiger charge is -2.11. The monoisotopic (exact) mass is 394 g/mol. The average Bonchev–Trinajstić information content (AvgIpc) is 2.71. The highest BCUT2D eigenvalue weighted by Gasteiger charge is 2.10. The van der Waals surface area contributed by atoms with Crippen molar-refractivity contribution < 1.29 is 14.3 Å². The van der Waals surface area contributed by atoms with E-state index in [1.165, 1.54) is 11.1 Å². The summed E-state index contributed by atoms with van der Waals surface area (Å²) >= 11 is 1.57. The van der Waals surface area contributed by atoms with Crippen LogP contribution in [0.4, 0.5) is 5.69 Å². The Hall–Kier alpha value is -2.99. The number of methoxy groups -OCH3 is 1. The van der Waals surface area contributed by atoms with E-state index in [4.69, 9.17) is 9.47 Å². The molecule has 28 heavy (non-hydrogen) atoms. The van der Waals surface area contributed by atoms with Crippen molar-refractivity contribution in [3.05, 3.63) is 78.0 Å². The molecule has 6 heteroatoms. The van der Waals surface area contributed by atoms with Crippen molar-refractivity contribution in [1.29, 1.82) is 0 Å². The topological polar surface area (TPSA) is 60.5 Å². The van der Waals surface area contributed by atoms with Crippen LogP contribution >= 0.6 is 11.8 Å². The lowest BCUT2D eigenvalue weighted by atomic mass is 10.2. The highest BCUT2D eigenvalue weighted by Crippen LogP contribution is 2.28. The van der Waals surface area contributed by atoms with Crippen LogP contribution in [0.5, 0.6) is 17.4 Å². The molecule has 5 nitrogen and oxygen atoms in total. The lowest BCUT2D eigenvalue weighted by Crippen LogP contribution is -2.15. The first-order valence-electron chi connectivity index (χ1n) is 8.84. The van der Waals surface area contributed by atoms with Gasteiger partial charge in [0.2, 0.25) is 11.8 Å². The van der Waals surface area contributed by atoms with Crippen LogP contribution in [-0.4, -0.2) is 23.8 Å². The Morgan fingerprint density at radius 3 is 2.46 bits per heavy atom. The number of ether oxygens (including phenoxy) is 2. The van der Waals surface area contributed by atoms with Gasteiger partial charge in [-0.05, 0) is 48.9 Å². The number of pyridine rings is 1. The number of hydrogen-bond acceptors (Lipinski definition) is 5. The number of aryl methyl sites for hydroxylation is 1. The zero-order valence-electron chi connectivity index (χ0n) is 15.8. The summed E-state index contributed by atoms with van der Waals surface area (Å²) < 4.78 is 10.9. The number of nitrogens with zero attached hydrogens (tertiary/aromatic N) is 1. The molecule has 0 radical (unpaired) electrons. The van der Waals surface area contributed by atoms with Gasteiger partial charge in [-0.15, -0.1) is 11.8 Å². The smallest absolute Gasteiger partial charge is 0.243 e. The first kappa shape index (κ1) is 19.8. The SMILES string of the molecule is COc1ccc(Oc2ncccc2NC(=O)CSCc2ccc(C)cc2)cc1. The summed E-state index contributed by atoms with van der Waals surface area (Å²) in [4.78, 5) is 16.5. The number of amides is 1. The molecule has 144 valence electrons. The molecular weight excluding hydrogens is 372 g/mol. The Morgan fingerprint density at radius 1 is 1.04 bits per heavy atom. The Bertz CT molecular complexity index is 912. The Labute approximate surface area is 169 Å². The number of carbonyl (C=O) groups excluding carboxylic acids is 1. The lowest BCUT2D eigenvalue weighted by molar-refractivity contribution is -0.113. The van der Waals surface area contributed by atoms with Crippen molar-refractivity contribution in [3.8, 4) is 17.4 Å². The molecule has 2 aromatic carbocycles. The van der Waals surface area contributed by atoms with E-state index < -0.39 is 0 Å². The predicted octanol–water partition coefficient (Wildman–Crippen LogP) is 5.06. The second-order valence-corrected chi connectivity index (χ2v) is 7.15. The number of thioether (sulfide) groups is 1. The van der Waals surface area contributed by atoms with Gasteiger partial charge in [-0.3, -0.25) is 4.79 Å². The van der Waals surface area contributed by atoms with Crippen LogP contribution in [0.1, 0.15) is 11.1 Å². The number of rotatable bonds is 8. The van der Waals surface area contributed by atoms with Crippen molar-refractivity contribution >= 4 is 23.4 Å². The zero-order valence-corrected chi connectivity index (χ0v) is 16.7. The van der Waals surface area contributed by atoms with Crippen molar-refractivity contribution in [3.63, 3.8) is 0 Å². The highest BCUT2D eigenvalue weighted by molar-refractivity contribution is 7.99. The molecule has 0 aliphatic carbocycles. The van der Waals surface area contributed by atoms with Gasteiger partial charge in [0.15, 0.2) is 0 Å². The molecule has 1 heterocycles. The molecule has 0 fully saturated rings. The molecule has 3 rings (SSSR count). The first-order chi connectivity index (χ1) is 13.6. The maximum atomic E-state index is 12.3. The van der Waals surface area contributed by atoms with E-state index in [0.29, 0.717) is 23.1 Å². The van der Waals surface area contributed by atoms with E-state index in [1.807, 2.05) is 0 Å². The molecular formula is C22H22N2O3S. The molecule has 0 unspecified atom stereocenters. The standard InChI is InChI=1S/C22H22N2O3S/c1-16-5-7-17(8-6-16)14-28-15-21(25)24-20-4-3-13-23-22(20)27-19-11-9-18(26-2)10-12-19/h3-13H,14-15H2,1-2H3,(H,24,25). The normalized spacial score (nSPS) is 10.4. The third-order valence-electron chi connectivity index (χ3n) is 3.94. The Morgan fingerprint density at radius 2 is 1.75 bits per heavy atom. The summed E-state index contributed by atoms with van der Waals surface area (Å²) in [5.74, 6) is 2.76. The molecule has 1 N–H and O–H groups in total. The molecule has 0 bridgehead atoms. The van der Waals surface area contributed by atoms with Gasteiger partial charge in [-0.25, -0.2) is 4.98 Å². The van der Waals surface area contributed by atoms with Crippen LogP contribution in [-0.2, 0) is 10.5 Å². The van der Waals surface area contributed by atoms with Gasteiger partial charge in [0.05, 0.1) is 12.9 Å². The van der Waals surface area contributed by atoms with Crippen molar-refractivity contribution in [2.45, 2.75) is 12.7 Å². The van der Waals surface area contributed by atoms with E-state index in [2.05, 4.69) is 41.5 Å². The first-order valence-corrected chi connectivity index (χ1v) is 9.99. The fourth-order valence-corrected chi connectivity index (χ4v) is 3.24. The van der Waals surface area contributed by atoms with Gasteiger partial charge in [0.25, 0.3) is 0 Å². The van der Waals surface area contributed by atoms with Gasteiger partial charge in [-0.1, -0.05) is 29.8 Å². The van der Waals surface area contributed by atoms with Gasteiger partial charge < -0.3 is 14.8 Å². The number of aromatic nitrogens is 1. The van der Waals surface area contributed by atoms with Crippen LogP contribution < -0.4 is 14.8 Å². The molecule has 0 saturated carbocycles. The maximum Gasteiger partial charge on any atom is 0.243 e. The van der Waals surface area contributed by atoms with E-state index in [-0.39, 0.29) is 5.91 Å². The van der Waals surface area contributed by atoms with Crippen molar-refractivity contribution in [2.75, 3.05) is 18.2 Å². The van der Waals surface area contributed by atoms with Crippen LogP contribution in [0, 0.1) is 6.92 Å². The summed E-state index contributed by atoms with van der Waals surface area (Å²) in [5, 5.41) is 2.88. The van der Waals surface area contributed by atoms with Crippen molar-refractivity contribution in [2.24, 2.45) is 0 Å². The van der Waals surface area contributed by atoms with Gasteiger partial charge in [0, 0.05) is 11.9 Å². The Kier molecular flexibility index (Phi) is 6.92. The number of anilines is 1. The van der Waals surface area contributed by atoms with E-state index in [9.17, 15) is 4.79 Å². The molecule has 0 aliphatic rings. The van der Waals surface area contributed by atoms with Gasteiger partial charge in [-0.2, -0.15) is 0 Å². The predicted molar refractivity (Wildman–Crippen MR) is 113 cm³/mol. The van der Waals surface area contributed by atoms with Gasteiger partial charge >= 0.3 is 0 Å². The van der Waals surface area contributed by atoms with E-state index in [1.54, 1.807) is 61.5 Å². The minimum absolute atomic E-state index is 0.0929. The van der Waals surface area contributed by atoms with E-state index >= 15 is 0 Å². The fourth-order valence-electron chi connectivity index (χ4n) is 2.45. The minimum Gasteiger partial charge on any atom is -0.497 e. The fraction of sp³-hybridized carbons (Fsp3) is 0.182. The van der Waals surface area contributed by atoms with Crippen LogP contribution in [0.25, 0.3) is 0 Å². The van der Waals surface area contributed by atoms with Crippen LogP contribution in [0.2, 0.25) is 0 Å². The van der Waals surface area contributed by atoms with Crippen LogP contribution in [0.3, 0.4) is 0 Å². The summed E-state index contributed by atoms with van der Waals surface area (Å²) in [6, 6.07) is 19.0. The summed E-state index contributed by atoms with van der Waals surface area (Å²) in [6.07, 6.45) is 1.63. The summed E-state index contributed by atoms with van der Waals surface area (Å²) in [6.45, 7) is 2.06. The van der Waals surface area contributed by atoms with Crippen LogP contribution in [0.15, 0.2) is 66.9 Å². The summed E-state index contributed by atoms with van der Waals surface area (Å²) in [7, 11) is 1.61. The number of nitrogens with one attached hydrogen (secondary N) is 1. The third-order valence-corrected chi connectivity index (χ3v) is 4.95. The molecule has 0 spiro atoms. The molecule has 0 atom stereocenters. The molecule has 1 aromatic heterocycles. The second kappa shape index (κ2) is 9.80. The quantitative estimate of drug-likeness (QED) is 0.578. The molecule has 0 saturated heterocycles.